The van der Waals surface area contributed by atoms with Gasteiger partial charge in [0, 0.05) is 18.5 Å². The van der Waals surface area contributed by atoms with Gasteiger partial charge in [0.15, 0.2) is 12.4 Å². The molecule has 0 aliphatic heterocycles. The van der Waals surface area contributed by atoms with Gasteiger partial charge in [-0.25, -0.2) is 0 Å². The second kappa shape index (κ2) is 11.3. The molecule has 0 saturated carbocycles. The zero-order chi connectivity index (χ0) is 22.1. The van der Waals surface area contributed by atoms with Crippen molar-refractivity contribution in [1.82, 2.24) is 5.32 Å². The van der Waals surface area contributed by atoms with Crippen LogP contribution in [0.3, 0.4) is 0 Å². The maximum atomic E-state index is 12.4. The number of fused-ring (bicyclic) bond motifs is 1. The lowest BCUT2D eigenvalue weighted by atomic mass is 9.89. The number of hydrogen-bond acceptors (Lipinski definition) is 5. The number of ketones is 1. The predicted octanol–water partition coefficient (Wildman–Crippen LogP) is 3.44. The summed E-state index contributed by atoms with van der Waals surface area (Å²) in [6.45, 7) is 0.105. The molecule has 31 heavy (non-hydrogen) atoms. The van der Waals surface area contributed by atoms with Crippen LogP contribution < -0.4 is 10.1 Å². The molecule has 0 heterocycles. The van der Waals surface area contributed by atoms with Crippen molar-refractivity contribution in [3.05, 3.63) is 64.7 Å². The van der Waals surface area contributed by atoms with Crippen molar-refractivity contribution in [2.24, 2.45) is 0 Å². The van der Waals surface area contributed by atoms with Crippen molar-refractivity contribution >= 4 is 17.7 Å². The van der Waals surface area contributed by atoms with Gasteiger partial charge in [-0.3, -0.25) is 14.4 Å². The lowest BCUT2D eigenvalue weighted by Gasteiger charge is -2.16. The predicted molar refractivity (Wildman–Crippen MR) is 117 cm³/mol. The summed E-state index contributed by atoms with van der Waals surface area (Å²) in [6.07, 6.45) is 5.13. The van der Waals surface area contributed by atoms with Crippen LogP contribution in [-0.4, -0.2) is 37.9 Å². The van der Waals surface area contributed by atoms with Crippen molar-refractivity contribution in [1.29, 1.82) is 0 Å². The Bertz CT molecular complexity index is 920. The summed E-state index contributed by atoms with van der Waals surface area (Å²) in [7, 11) is 1.61. The van der Waals surface area contributed by atoms with E-state index < -0.39 is 5.97 Å². The van der Waals surface area contributed by atoms with Crippen LogP contribution in [0.15, 0.2) is 42.5 Å². The fourth-order valence-electron chi connectivity index (χ4n) is 3.67. The quantitative estimate of drug-likeness (QED) is 0.468. The van der Waals surface area contributed by atoms with Crippen molar-refractivity contribution in [3.63, 3.8) is 0 Å². The molecule has 0 unspecified atom stereocenters. The normalized spacial score (nSPS) is 12.5. The van der Waals surface area contributed by atoms with E-state index in [0.717, 1.165) is 30.6 Å². The van der Waals surface area contributed by atoms with Gasteiger partial charge in [-0.15, -0.1) is 0 Å². The molecule has 0 fully saturated rings. The number of carbonyl (C=O) groups excluding carboxylic acids is 3. The van der Waals surface area contributed by atoms with Gasteiger partial charge in [0.25, 0.3) is 5.91 Å². The second-order valence-corrected chi connectivity index (χ2v) is 7.72. The Balaban J connectivity index is 1.33. The number of esters is 1. The summed E-state index contributed by atoms with van der Waals surface area (Å²) >= 11 is 0. The van der Waals surface area contributed by atoms with E-state index in [4.69, 9.17) is 9.47 Å². The number of hydrogen-bond donors (Lipinski definition) is 1. The molecule has 0 bridgehead atoms. The summed E-state index contributed by atoms with van der Waals surface area (Å²) in [5.41, 5.74) is 4.27. The average Bonchev–Trinajstić information content (AvgIpc) is 2.81. The van der Waals surface area contributed by atoms with Gasteiger partial charge in [0.05, 0.1) is 13.5 Å². The first-order chi connectivity index (χ1) is 15.0. The largest absolute Gasteiger partial charge is 0.497 e. The molecule has 6 nitrogen and oxygen atoms in total. The van der Waals surface area contributed by atoms with Crippen molar-refractivity contribution in [2.45, 2.75) is 44.9 Å². The van der Waals surface area contributed by atoms with E-state index >= 15 is 0 Å². The van der Waals surface area contributed by atoms with E-state index in [2.05, 4.69) is 5.32 Å². The van der Waals surface area contributed by atoms with Crippen molar-refractivity contribution in [3.8, 4) is 5.75 Å². The molecule has 2 aromatic carbocycles. The maximum Gasteiger partial charge on any atom is 0.306 e. The van der Waals surface area contributed by atoms with E-state index in [1.54, 1.807) is 7.11 Å². The SMILES string of the molecule is COc1ccc(CCNC(=O)COC(=O)CCC(=O)c2ccc3c(c2)CCCC3)cc1. The highest BCUT2D eigenvalue weighted by molar-refractivity contribution is 5.97. The lowest BCUT2D eigenvalue weighted by molar-refractivity contribution is -0.148. The van der Waals surface area contributed by atoms with Crippen molar-refractivity contribution < 1.29 is 23.9 Å². The smallest absolute Gasteiger partial charge is 0.306 e. The first-order valence-electron chi connectivity index (χ1n) is 10.8. The van der Waals surface area contributed by atoms with Crippen LogP contribution in [0.1, 0.15) is 52.7 Å². The van der Waals surface area contributed by atoms with Crippen LogP contribution in [0.2, 0.25) is 0 Å². The van der Waals surface area contributed by atoms with Crippen LogP contribution in [0.5, 0.6) is 5.75 Å². The first kappa shape index (κ1) is 22.5. The molecule has 0 saturated heterocycles. The lowest BCUT2D eigenvalue weighted by Crippen LogP contribution is -2.30. The Morgan fingerprint density at radius 2 is 1.68 bits per heavy atom. The molecular weight excluding hydrogens is 394 g/mol. The Morgan fingerprint density at radius 3 is 2.42 bits per heavy atom. The van der Waals surface area contributed by atoms with Gasteiger partial charge in [0.1, 0.15) is 5.75 Å². The monoisotopic (exact) mass is 423 g/mol. The maximum absolute atomic E-state index is 12.4. The number of benzene rings is 2. The van der Waals surface area contributed by atoms with Crippen molar-refractivity contribution in [2.75, 3.05) is 20.3 Å². The van der Waals surface area contributed by atoms with Gasteiger partial charge in [-0.05, 0) is 67.0 Å². The molecule has 6 heteroatoms. The van der Waals surface area contributed by atoms with E-state index in [9.17, 15) is 14.4 Å². The third-order valence-corrected chi connectivity index (χ3v) is 5.49. The van der Waals surface area contributed by atoms with E-state index in [1.807, 2.05) is 42.5 Å². The fraction of sp³-hybridized carbons (Fsp3) is 0.400. The third-order valence-electron chi connectivity index (χ3n) is 5.49. The zero-order valence-electron chi connectivity index (χ0n) is 17.9. The standard InChI is InChI=1S/C25H29NO5/c1-30-22-10-6-18(7-11-22)14-15-26-24(28)17-31-25(29)13-12-23(27)21-9-8-19-4-2-3-5-20(19)16-21/h6-11,16H,2-5,12-15,17H2,1H3,(H,26,28). The summed E-state index contributed by atoms with van der Waals surface area (Å²) in [5.74, 6) is -0.196. The van der Waals surface area contributed by atoms with E-state index in [1.165, 1.54) is 17.5 Å². The number of aryl methyl sites for hydroxylation is 2. The zero-order valence-corrected chi connectivity index (χ0v) is 17.9. The van der Waals surface area contributed by atoms with Crippen LogP contribution >= 0.6 is 0 Å². The van der Waals surface area contributed by atoms with Gasteiger partial charge in [-0.2, -0.15) is 0 Å². The molecule has 0 spiro atoms. The third kappa shape index (κ3) is 6.95. The topological polar surface area (TPSA) is 81.7 Å². The highest BCUT2D eigenvalue weighted by Crippen LogP contribution is 2.23. The number of Topliss-reactive ketones (excluding diaryl/α,β-unsaturated/α-hetero) is 1. The van der Waals surface area contributed by atoms with Crippen LogP contribution in [0.25, 0.3) is 0 Å². The molecule has 164 valence electrons. The molecule has 0 radical (unpaired) electrons. The molecule has 2 aromatic rings. The van der Waals surface area contributed by atoms with Gasteiger partial charge in [-0.1, -0.05) is 24.3 Å². The number of rotatable bonds is 10. The molecule has 1 aliphatic rings. The minimum atomic E-state index is -0.545. The number of amides is 1. The van der Waals surface area contributed by atoms with E-state index in [-0.39, 0.29) is 31.1 Å². The first-order valence-corrected chi connectivity index (χ1v) is 10.8. The molecule has 1 N–H and O–H groups in total. The fourth-order valence-corrected chi connectivity index (χ4v) is 3.67. The van der Waals surface area contributed by atoms with Crippen LogP contribution in [0.4, 0.5) is 0 Å². The Labute approximate surface area is 182 Å². The Kier molecular flexibility index (Phi) is 8.21. The minimum Gasteiger partial charge on any atom is -0.497 e. The van der Waals surface area contributed by atoms with Crippen LogP contribution in [0, 0.1) is 0 Å². The highest BCUT2D eigenvalue weighted by atomic mass is 16.5. The molecule has 0 aromatic heterocycles. The van der Waals surface area contributed by atoms with E-state index in [0.29, 0.717) is 18.5 Å². The van der Waals surface area contributed by atoms with Gasteiger partial charge in [0.2, 0.25) is 0 Å². The summed E-state index contributed by atoms with van der Waals surface area (Å²) in [5, 5.41) is 2.72. The average molecular weight is 424 g/mol. The minimum absolute atomic E-state index is 0.0327. The molecule has 3 rings (SSSR count). The number of nitrogens with one attached hydrogen (secondary N) is 1. The summed E-state index contributed by atoms with van der Waals surface area (Å²) in [6, 6.07) is 13.4. The number of ether oxygens (including phenoxy) is 2. The number of methoxy groups -OCH3 is 1. The highest BCUT2D eigenvalue weighted by Gasteiger charge is 2.15. The molecule has 0 atom stereocenters. The Hall–Kier alpha value is -3.15. The van der Waals surface area contributed by atoms with Gasteiger partial charge >= 0.3 is 5.97 Å². The van der Waals surface area contributed by atoms with Gasteiger partial charge < -0.3 is 14.8 Å². The summed E-state index contributed by atoms with van der Waals surface area (Å²) in [4.78, 5) is 36.2. The summed E-state index contributed by atoms with van der Waals surface area (Å²) < 4.78 is 10.1. The Morgan fingerprint density at radius 1 is 0.935 bits per heavy atom. The molecular formula is C25H29NO5. The molecule has 1 amide bonds. The molecule has 1 aliphatic carbocycles. The van der Waals surface area contributed by atoms with Crippen LogP contribution in [-0.2, 0) is 33.6 Å². The number of carbonyl (C=O) groups is 3. The second-order valence-electron chi connectivity index (χ2n) is 7.72.